The van der Waals surface area contributed by atoms with Crippen molar-refractivity contribution in [2.45, 2.75) is 59.2 Å². The third-order valence-electron chi connectivity index (χ3n) is 9.17. The first-order chi connectivity index (χ1) is 22.8. The average molecular weight is 648 g/mol. The van der Waals surface area contributed by atoms with Gasteiger partial charge >= 0.3 is 5.97 Å². The van der Waals surface area contributed by atoms with Crippen LogP contribution >= 0.6 is 0 Å². The minimum absolute atomic E-state index is 0.270. The van der Waals surface area contributed by atoms with Crippen LogP contribution in [0.25, 0.3) is 55.6 Å². The lowest BCUT2D eigenvalue weighted by molar-refractivity contribution is -0.160. The zero-order valence-electron chi connectivity index (χ0n) is 28.2. The highest BCUT2D eigenvalue weighted by Gasteiger charge is 2.34. The number of aryl methyl sites for hydroxylation is 3. The highest BCUT2D eigenvalue weighted by molar-refractivity contribution is 6.02. The molecule has 6 aromatic rings. The van der Waals surface area contributed by atoms with Gasteiger partial charge in [-0.25, -0.2) is 14.2 Å². The number of halogens is 1. The molecule has 0 saturated heterocycles. The molecule has 1 aliphatic rings. The number of aliphatic carboxylic acids is 1. The van der Waals surface area contributed by atoms with Gasteiger partial charge in [0.05, 0.1) is 35.3 Å². The van der Waals surface area contributed by atoms with E-state index in [1.165, 1.54) is 6.07 Å². The van der Waals surface area contributed by atoms with Crippen LogP contribution in [-0.2, 0) is 30.0 Å². The van der Waals surface area contributed by atoms with Crippen LogP contribution in [0, 0.1) is 19.7 Å². The smallest absolute Gasteiger partial charge is 0.337 e. The fourth-order valence-electron chi connectivity index (χ4n) is 6.98. The monoisotopic (exact) mass is 647 g/mol. The predicted molar refractivity (Wildman–Crippen MR) is 184 cm³/mol. The first-order valence-electron chi connectivity index (χ1n) is 16.1. The Bertz CT molecular complexity index is 2260. The lowest BCUT2D eigenvalue weighted by Gasteiger charge is -2.29. The van der Waals surface area contributed by atoms with Crippen LogP contribution in [0.5, 0.6) is 5.75 Å². The number of benzene rings is 2. The number of ether oxygens (including phenoxy) is 2. The number of fused-ring (bicyclic) bond motifs is 3. The van der Waals surface area contributed by atoms with Crippen LogP contribution in [0.2, 0.25) is 0 Å². The summed E-state index contributed by atoms with van der Waals surface area (Å²) in [5.41, 5.74) is 7.97. The highest BCUT2D eigenvalue weighted by Crippen LogP contribution is 2.46. The minimum atomic E-state index is -1.35. The van der Waals surface area contributed by atoms with Crippen LogP contribution < -0.4 is 4.74 Å². The zero-order valence-corrected chi connectivity index (χ0v) is 28.2. The molecular weight excluding hydrogens is 609 g/mol. The van der Waals surface area contributed by atoms with E-state index in [4.69, 9.17) is 19.4 Å². The third-order valence-corrected chi connectivity index (χ3v) is 9.17. The van der Waals surface area contributed by atoms with Gasteiger partial charge in [0.1, 0.15) is 5.65 Å². The van der Waals surface area contributed by atoms with Crippen molar-refractivity contribution in [1.29, 1.82) is 0 Å². The number of rotatable bonds is 6. The molecule has 0 amide bonds. The van der Waals surface area contributed by atoms with Gasteiger partial charge in [-0.3, -0.25) is 9.67 Å². The Morgan fingerprint density at radius 3 is 2.65 bits per heavy atom. The molecule has 0 spiro atoms. The molecule has 7 rings (SSSR count). The summed E-state index contributed by atoms with van der Waals surface area (Å²) >= 11 is 0. The maximum Gasteiger partial charge on any atom is 0.337 e. The molecule has 5 heterocycles. The van der Waals surface area contributed by atoms with Gasteiger partial charge in [-0.1, -0.05) is 6.07 Å². The normalized spacial score (nSPS) is 13.9. The van der Waals surface area contributed by atoms with E-state index >= 15 is 4.39 Å². The molecule has 48 heavy (non-hydrogen) atoms. The van der Waals surface area contributed by atoms with Crippen molar-refractivity contribution < 1.29 is 23.8 Å². The molecule has 2 aromatic carbocycles. The van der Waals surface area contributed by atoms with Gasteiger partial charge in [0.2, 0.25) is 0 Å². The van der Waals surface area contributed by atoms with Crippen molar-refractivity contribution in [2.75, 3.05) is 6.61 Å². The van der Waals surface area contributed by atoms with E-state index in [0.29, 0.717) is 46.4 Å². The molecule has 1 N–H and O–H groups in total. The molecule has 4 aromatic heterocycles. The highest BCUT2D eigenvalue weighted by atomic mass is 19.1. The number of carbonyl (C=O) groups is 1. The predicted octanol–water partition coefficient (Wildman–Crippen LogP) is 7.88. The molecule has 10 heteroatoms. The van der Waals surface area contributed by atoms with Crippen molar-refractivity contribution >= 4 is 27.9 Å². The first-order valence-corrected chi connectivity index (χ1v) is 16.1. The van der Waals surface area contributed by atoms with Crippen LogP contribution in [0.4, 0.5) is 4.39 Å². The molecule has 9 nitrogen and oxygen atoms in total. The maximum absolute atomic E-state index is 15.9. The molecule has 1 aliphatic heterocycles. The Kier molecular flexibility index (Phi) is 7.58. The number of hydrogen-bond donors (Lipinski definition) is 1. The van der Waals surface area contributed by atoms with Gasteiger partial charge in [-0.05, 0) is 95.0 Å². The van der Waals surface area contributed by atoms with Crippen LogP contribution in [0.1, 0.15) is 55.7 Å². The van der Waals surface area contributed by atoms with E-state index in [0.717, 1.165) is 51.0 Å². The summed E-state index contributed by atoms with van der Waals surface area (Å²) in [5.74, 6) is -1.35. The number of aromatic nitrogens is 5. The van der Waals surface area contributed by atoms with Gasteiger partial charge in [-0.2, -0.15) is 5.10 Å². The zero-order chi connectivity index (χ0) is 34.1. The molecule has 0 aliphatic carbocycles. The number of pyridine rings is 2. The fraction of sp³-hybridized carbons (Fsp3) is 0.316. The molecule has 1 atom stereocenters. The van der Waals surface area contributed by atoms with E-state index in [1.54, 1.807) is 13.1 Å². The third kappa shape index (κ3) is 5.20. The number of carboxylic acid groups (broad SMARTS) is 1. The second-order valence-electron chi connectivity index (χ2n) is 13.5. The first kappa shape index (κ1) is 31.5. The summed E-state index contributed by atoms with van der Waals surface area (Å²) in [4.78, 5) is 22.8. The fourth-order valence-corrected chi connectivity index (χ4v) is 6.98. The Balaban J connectivity index is 1.53. The van der Waals surface area contributed by atoms with E-state index < -0.39 is 23.5 Å². The summed E-state index contributed by atoms with van der Waals surface area (Å²) in [5, 5.41) is 16.7. The number of carboxylic acids is 1. The molecular formula is C38H38FN5O4. The van der Waals surface area contributed by atoms with E-state index in [1.807, 2.05) is 87.6 Å². The van der Waals surface area contributed by atoms with E-state index in [9.17, 15) is 9.90 Å². The Morgan fingerprint density at radius 2 is 1.90 bits per heavy atom. The Morgan fingerprint density at radius 1 is 1.10 bits per heavy atom. The van der Waals surface area contributed by atoms with E-state index in [-0.39, 0.29) is 5.75 Å². The van der Waals surface area contributed by atoms with Gasteiger partial charge < -0.3 is 19.1 Å². The average Bonchev–Trinajstić information content (AvgIpc) is 3.59. The van der Waals surface area contributed by atoms with Crippen LogP contribution in [0.15, 0.2) is 54.9 Å². The van der Waals surface area contributed by atoms with Gasteiger partial charge in [0.25, 0.3) is 0 Å². The maximum atomic E-state index is 15.9. The quantitative estimate of drug-likeness (QED) is 0.196. The van der Waals surface area contributed by atoms with Crippen LogP contribution in [-0.4, -0.2) is 47.6 Å². The second-order valence-corrected chi connectivity index (χ2v) is 13.5. The lowest BCUT2D eigenvalue weighted by atomic mass is 9.86. The van der Waals surface area contributed by atoms with Gasteiger partial charge in [0.15, 0.2) is 17.7 Å². The molecule has 246 valence electrons. The van der Waals surface area contributed by atoms with Crippen molar-refractivity contribution in [3.63, 3.8) is 0 Å². The Labute approximate surface area is 278 Å². The van der Waals surface area contributed by atoms with Crippen molar-refractivity contribution in [1.82, 2.24) is 24.3 Å². The van der Waals surface area contributed by atoms with Crippen molar-refractivity contribution in [2.24, 2.45) is 14.1 Å². The van der Waals surface area contributed by atoms with Crippen LogP contribution in [0.3, 0.4) is 0 Å². The molecule has 0 radical (unpaired) electrons. The molecule has 0 unspecified atom stereocenters. The second kappa shape index (κ2) is 11.6. The molecule has 0 fully saturated rings. The largest absolute Gasteiger partial charge is 0.490 e. The summed E-state index contributed by atoms with van der Waals surface area (Å²) in [6, 6.07) is 13.5. The van der Waals surface area contributed by atoms with Crippen molar-refractivity contribution in [3.8, 4) is 39.4 Å². The number of hydrogen-bond acceptors (Lipinski definition) is 6. The summed E-state index contributed by atoms with van der Waals surface area (Å²) in [7, 11) is 3.85. The van der Waals surface area contributed by atoms with Crippen molar-refractivity contribution in [3.05, 3.63) is 83.1 Å². The SMILES string of the molecule is Cc1nc2c(cc(-c3cccnc3-c3ccc4c(cnn4C)c3)n2C)c(-c2cc(F)c3c(c2C)CCCO3)c1[C@H](OC(C)(C)C)C(=O)O. The topological polar surface area (TPSA) is 104 Å². The minimum Gasteiger partial charge on any atom is -0.490 e. The summed E-state index contributed by atoms with van der Waals surface area (Å²) in [6.45, 7) is 9.65. The van der Waals surface area contributed by atoms with Gasteiger partial charge in [-0.15, -0.1) is 0 Å². The summed E-state index contributed by atoms with van der Waals surface area (Å²) in [6.07, 6.45) is 3.68. The van der Waals surface area contributed by atoms with Gasteiger partial charge in [0, 0.05) is 64.6 Å². The Hall–Kier alpha value is -5.09. The molecule has 0 saturated carbocycles. The lowest BCUT2D eigenvalue weighted by Crippen LogP contribution is -2.28. The standard InChI is InChI=1S/C38H38FN5O4/c1-20-24-11-9-15-47-34(24)28(39)17-26(20)32-27-18-30(43(6)36(27)42-21(2)31(32)35(37(45)46)48-38(3,4)5)25-10-8-14-40-33(25)22-12-13-29-23(16-22)19-41-44(29)7/h8,10,12-14,16-19,35H,9,11,15H2,1-7H3,(H,45,46)/t35-/m0/s1. The molecule has 0 bridgehead atoms. The summed E-state index contributed by atoms with van der Waals surface area (Å²) < 4.78 is 31.7. The number of nitrogens with zero attached hydrogens (tertiary/aromatic N) is 5. The van der Waals surface area contributed by atoms with E-state index in [2.05, 4.69) is 11.2 Å².